The van der Waals surface area contributed by atoms with Gasteiger partial charge < -0.3 is 4.48 Å². The molecule has 0 aliphatic heterocycles. The van der Waals surface area contributed by atoms with Crippen LogP contribution in [0.4, 0.5) is 0 Å². The molecule has 24 heavy (non-hydrogen) atoms. The highest BCUT2D eigenvalue weighted by molar-refractivity contribution is 4.97. The van der Waals surface area contributed by atoms with E-state index in [1.807, 2.05) is 0 Å². The van der Waals surface area contributed by atoms with E-state index in [9.17, 15) is 0 Å². The van der Waals surface area contributed by atoms with Gasteiger partial charge in [-0.25, -0.2) is 0 Å². The highest BCUT2D eigenvalue weighted by atomic mass is 15.3. The number of likely N-dealkylation sites (N-methyl/N-ethyl adjacent to an activating group) is 1. The minimum atomic E-state index is 0.872. The normalized spacial score (nSPS) is 15.8. The fraction of sp³-hybridized carbons (Fsp3) is 0.913. The van der Waals surface area contributed by atoms with Crippen molar-refractivity contribution >= 4 is 0 Å². The average molecular weight is 339 g/mol. The molecule has 2 unspecified atom stereocenters. The van der Waals surface area contributed by atoms with E-state index in [0.717, 1.165) is 28.8 Å². The maximum atomic E-state index is 2.45. The van der Waals surface area contributed by atoms with E-state index in [0.29, 0.717) is 0 Å². The number of quaternary nitrogens is 1. The quantitative estimate of drug-likeness (QED) is 0.234. The minimum Gasteiger partial charge on any atom is -0.328 e. The second-order valence-electron chi connectivity index (χ2n) is 9.88. The lowest BCUT2D eigenvalue weighted by Gasteiger charge is -2.22. The summed E-state index contributed by atoms with van der Waals surface area (Å²) in [5, 5.41) is 0. The van der Waals surface area contributed by atoms with E-state index >= 15 is 0 Å². The Bertz CT molecular complexity index is 321. The summed E-state index contributed by atoms with van der Waals surface area (Å²) in [6.45, 7) is 13.0. The monoisotopic (exact) mass is 338 g/mol. The fourth-order valence-corrected chi connectivity index (χ4v) is 3.24. The Morgan fingerprint density at radius 3 is 1.67 bits per heavy atom. The molecule has 144 valence electrons. The molecule has 1 nitrogen and oxygen atoms in total. The Morgan fingerprint density at radius 1 is 0.750 bits per heavy atom. The van der Waals surface area contributed by atoms with Gasteiger partial charge in [-0.05, 0) is 43.6 Å². The number of rotatable bonds is 14. The van der Waals surface area contributed by atoms with Crippen LogP contribution >= 0.6 is 0 Å². The first-order chi connectivity index (χ1) is 11.1. The van der Waals surface area contributed by atoms with Crippen LogP contribution in [0.15, 0.2) is 11.6 Å². The first kappa shape index (κ1) is 23.7. The largest absolute Gasteiger partial charge is 0.328 e. The highest BCUT2D eigenvalue weighted by Crippen LogP contribution is 2.22. The van der Waals surface area contributed by atoms with Gasteiger partial charge in [-0.2, -0.15) is 0 Å². The fourth-order valence-electron chi connectivity index (χ4n) is 3.24. The molecule has 0 saturated carbocycles. The molecule has 0 aromatic heterocycles. The predicted molar refractivity (Wildman–Crippen MR) is 111 cm³/mol. The molecule has 0 amide bonds. The molecule has 0 fully saturated rings. The minimum absolute atomic E-state index is 0.872. The summed E-state index contributed by atoms with van der Waals surface area (Å²) >= 11 is 0. The summed E-state index contributed by atoms with van der Waals surface area (Å²) in [6, 6.07) is 0. The molecule has 0 spiro atoms. The Labute approximate surface area is 154 Å². The lowest BCUT2D eigenvalue weighted by Crippen LogP contribution is -2.34. The molecule has 0 aromatic carbocycles. The molecule has 0 saturated heterocycles. The van der Waals surface area contributed by atoms with Gasteiger partial charge in [-0.1, -0.05) is 78.2 Å². The molecular weight excluding hydrogens is 290 g/mol. The predicted octanol–water partition coefficient (Wildman–Crippen LogP) is 7.08. The SMILES string of the molecule is C/C(=C\C[N+](C)(C)C)CCCC(C)CCCC(C)CCCC(C)C. The lowest BCUT2D eigenvalue weighted by molar-refractivity contribution is -0.864. The molecule has 0 aliphatic rings. The van der Waals surface area contributed by atoms with E-state index in [1.54, 1.807) is 5.57 Å². The van der Waals surface area contributed by atoms with Crippen molar-refractivity contribution in [2.45, 2.75) is 92.4 Å². The number of hydrogen-bond acceptors (Lipinski definition) is 0. The van der Waals surface area contributed by atoms with Crippen LogP contribution in [0.3, 0.4) is 0 Å². The van der Waals surface area contributed by atoms with Crippen LogP contribution in [-0.2, 0) is 0 Å². The molecule has 0 radical (unpaired) electrons. The van der Waals surface area contributed by atoms with E-state index < -0.39 is 0 Å². The number of hydrogen-bond donors (Lipinski definition) is 0. The van der Waals surface area contributed by atoms with Gasteiger partial charge >= 0.3 is 0 Å². The highest BCUT2D eigenvalue weighted by Gasteiger charge is 2.07. The molecule has 0 N–H and O–H groups in total. The van der Waals surface area contributed by atoms with Crippen LogP contribution in [0.1, 0.15) is 92.4 Å². The van der Waals surface area contributed by atoms with Crippen LogP contribution in [0.5, 0.6) is 0 Å². The van der Waals surface area contributed by atoms with Crippen molar-refractivity contribution in [1.29, 1.82) is 0 Å². The zero-order chi connectivity index (χ0) is 18.6. The molecular formula is C23H48N+. The maximum Gasteiger partial charge on any atom is 0.0970 e. The second kappa shape index (κ2) is 13.0. The van der Waals surface area contributed by atoms with Crippen molar-refractivity contribution < 1.29 is 4.48 Å². The van der Waals surface area contributed by atoms with Crippen LogP contribution in [-0.4, -0.2) is 32.2 Å². The Balaban J connectivity index is 3.67. The van der Waals surface area contributed by atoms with Gasteiger partial charge in [0, 0.05) is 0 Å². The third kappa shape index (κ3) is 16.6. The molecule has 1 heteroatoms. The summed E-state index contributed by atoms with van der Waals surface area (Å²) in [7, 11) is 6.78. The lowest BCUT2D eigenvalue weighted by atomic mass is 9.91. The molecule has 0 aromatic rings. The topological polar surface area (TPSA) is 0 Å². The average Bonchev–Trinajstić information content (AvgIpc) is 2.44. The summed E-state index contributed by atoms with van der Waals surface area (Å²) in [4.78, 5) is 0. The van der Waals surface area contributed by atoms with Gasteiger partial charge in [0.1, 0.15) is 0 Å². The van der Waals surface area contributed by atoms with Gasteiger partial charge in [-0.15, -0.1) is 0 Å². The Morgan fingerprint density at radius 2 is 1.21 bits per heavy atom. The van der Waals surface area contributed by atoms with Gasteiger partial charge in [0.2, 0.25) is 0 Å². The van der Waals surface area contributed by atoms with Crippen molar-refractivity contribution in [2.24, 2.45) is 17.8 Å². The molecule has 0 rings (SSSR count). The van der Waals surface area contributed by atoms with Crippen LogP contribution in [0.25, 0.3) is 0 Å². The Hall–Kier alpha value is -0.300. The van der Waals surface area contributed by atoms with Crippen molar-refractivity contribution in [1.82, 2.24) is 0 Å². The summed E-state index contributed by atoms with van der Waals surface area (Å²) in [5.74, 6) is 2.70. The summed E-state index contributed by atoms with van der Waals surface area (Å²) in [6.07, 6.45) is 15.0. The third-order valence-corrected chi connectivity index (χ3v) is 5.13. The van der Waals surface area contributed by atoms with Gasteiger partial charge in [-0.3, -0.25) is 0 Å². The van der Waals surface area contributed by atoms with E-state index in [1.165, 1.54) is 57.8 Å². The van der Waals surface area contributed by atoms with E-state index in [2.05, 4.69) is 61.8 Å². The van der Waals surface area contributed by atoms with Crippen molar-refractivity contribution in [3.63, 3.8) is 0 Å². The maximum absolute atomic E-state index is 2.45. The molecule has 0 aliphatic carbocycles. The van der Waals surface area contributed by atoms with E-state index in [-0.39, 0.29) is 0 Å². The van der Waals surface area contributed by atoms with Crippen LogP contribution < -0.4 is 0 Å². The van der Waals surface area contributed by atoms with E-state index in [4.69, 9.17) is 0 Å². The molecule has 0 bridgehead atoms. The molecule has 2 atom stereocenters. The zero-order valence-corrected chi connectivity index (χ0v) is 18.3. The number of allylic oxidation sites excluding steroid dienone is 1. The summed E-state index contributed by atoms with van der Waals surface area (Å²) in [5.41, 5.74) is 1.58. The standard InChI is InChI=1S/C23H48N/c1-20(2)12-9-13-21(3)14-10-15-22(4)16-11-17-23(5)18-19-24(6,7)8/h18,20-22H,9-17,19H2,1-8H3/q+1/b23-18+. The van der Waals surface area contributed by atoms with Crippen molar-refractivity contribution in [2.75, 3.05) is 27.7 Å². The van der Waals surface area contributed by atoms with Gasteiger partial charge in [0.25, 0.3) is 0 Å². The van der Waals surface area contributed by atoms with Gasteiger partial charge in [0.15, 0.2) is 0 Å². The molecule has 0 heterocycles. The smallest absolute Gasteiger partial charge is 0.0970 e. The second-order valence-corrected chi connectivity index (χ2v) is 9.88. The van der Waals surface area contributed by atoms with Crippen molar-refractivity contribution in [3.05, 3.63) is 11.6 Å². The zero-order valence-electron chi connectivity index (χ0n) is 18.3. The first-order valence-corrected chi connectivity index (χ1v) is 10.6. The first-order valence-electron chi connectivity index (χ1n) is 10.6. The van der Waals surface area contributed by atoms with Crippen LogP contribution in [0, 0.1) is 17.8 Å². The third-order valence-electron chi connectivity index (χ3n) is 5.13. The number of nitrogens with zero attached hydrogens (tertiary/aromatic N) is 1. The van der Waals surface area contributed by atoms with Gasteiger partial charge in [0.05, 0.1) is 27.7 Å². The summed E-state index contributed by atoms with van der Waals surface area (Å²) < 4.78 is 1.03. The van der Waals surface area contributed by atoms with Crippen LogP contribution in [0.2, 0.25) is 0 Å². The Kier molecular flexibility index (Phi) is 12.8. The van der Waals surface area contributed by atoms with Crippen molar-refractivity contribution in [3.8, 4) is 0 Å².